The van der Waals surface area contributed by atoms with Crippen LogP contribution in [0.5, 0.6) is 0 Å². The maximum atomic E-state index is 11.9. The molecular formula is C13H29Cl2N3O. The molecule has 0 saturated carbocycles. The summed E-state index contributed by atoms with van der Waals surface area (Å²) in [6.45, 7) is 10.3. The van der Waals surface area contributed by atoms with Crippen molar-refractivity contribution in [3.05, 3.63) is 0 Å². The Labute approximate surface area is 129 Å². The number of carbonyl (C=O) groups is 1. The number of carbonyl (C=O) groups excluding carboxylic acids is 1. The van der Waals surface area contributed by atoms with Crippen LogP contribution in [0.25, 0.3) is 0 Å². The van der Waals surface area contributed by atoms with Gasteiger partial charge in [0.25, 0.3) is 0 Å². The van der Waals surface area contributed by atoms with Crippen molar-refractivity contribution in [3.63, 3.8) is 0 Å². The first-order chi connectivity index (χ1) is 8.08. The first-order valence-electron chi connectivity index (χ1n) is 6.85. The molecule has 1 heterocycles. The Kier molecular flexibility index (Phi) is 12.0. The predicted octanol–water partition coefficient (Wildman–Crippen LogP) is 1.90. The molecule has 0 aromatic heterocycles. The van der Waals surface area contributed by atoms with Crippen molar-refractivity contribution in [2.75, 3.05) is 26.2 Å². The van der Waals surface area contributed by atoms with Gasteiger partial charge in [0.05, 0.1) is 0 Å². The number of likely N-dealkylation sites (N-methyl/N-ethyl adjacent to an activating group) is 1. The van der Waals surface area contributed by atoms with Gasteiger partial charge in [-0.3, -0.25) is 9.69 Å². The Balaban J connectivity index is 0. The van der Waals surface area contributed by atoms with Gasteiger partial charge in [0, 0.05) is 31.6 Å². The second kappa shape index (κ2) is 10.7. The lowest BCUT2D eigenvalue weighted by molar-refractivity contribution is -0.130. The van der Waals surface area contributed by atoms with Crippen LogP contribution in [-0.2, 0) is 4.79 Å². The topological polar surface area (TPSA) is 49.6 Å². The lowest BCUT2D eigenvalue weighted by Gasteiger charge is -2.26. The van der Waals surface area contributed by atoms with Gasteiger partial charge in [0.1, 0.15) is 0 Å². The van der Waals surface area contributed by atoms with E-state index in [0.717, 1.165) is 39.0 Å². The maximum absolute atomic E-state index is 11.9. The molecule has 0 radical (unpaired) electrons. The average Bonchev–Trinajstić information content (AvgIpc) is 2.77. The van der Waals surface area contributed by atoms with Crippen molar-refractivity contribution in [1.29, 1.82) is 0 Å². The summed E-state index contributed by atoms with van der Waals surface area (Å²) in [4.78, 5) is 16.4. The van der Waals surface area contributed by atoms with Gasteiger partial charge in [-0.25, -0.2) is 0 Å². The zero-order valence-electron chi connectivity index (χ0n) is 12.3. The molecule has 6 heteroatoms. The molecule has 0 aromatic rings. The van der Waals surface area contributed by atoms with Crippen molar-refractivity contribution in [3.8, 4) is 0 Å². The SMILES string of the molecule is CCN(CC)C1CCN(C(=O)CCC(C)N)C1.Cl.Cl. The molecule has 1 rings (SSSR count). The van der Waals surface area contributed by atoms with Gasteiger partial charge < -0.3 is 10.6 Å². The fraction of sp³-hybridized carbons (Fsp3) is 0.923. The van der Waals surface area contributed by atoms with E-state index in [2.05, 4.69) is 18.7 Å². The van der Waals surface area contributed by atoms with E-state index in [1.54, 1.807) is 0 Å². The Morgan fingerprint density at radius 1 is 1.37 bits per heavy atom. The second-order valence-corrected chi connectivity index (χ2v) is 5.02. The number of hydrogen-bond donors (Lipinski definition) is 1. The van der Waals surface area contributed by atoms with E-state index in [1.165, 1.54) is 0 Å². The molecule has 1 fully saturated rings. The van der Waals surface area contributed by atoms with Gasteiger partial charge in [-0.15, -0.1) is 24.8 Å². The maximum Gasteiger partial charge on any atom is 0.222 e. The van der Waals surface area contributed by atoms with E-state index in [0.29, 0.717) is 12.5 Å². The second-order valence-electron chi connectivity index (χ2n) is 5.02. The third-order valence-electron chi connectivity index (χ3n) is 3.66. The Morgan fingerprint density at radius 3 is 2.42 bits per heavy atom. The molecule has 0 bridgehead atoms. The van der Waals surface area contributed by atoms with Crippen LogP contribution in [0.4, 0.5) is 0 Å². The lowest BCUT2D eigenvalue weighted by Crippen LogP contribution is -2.38. The number of nitrogens with zero attached hydrogens (tertiary/aromatic N) is 2. The zero-order chi connectivity index (χ0) is 12.8. The van der Waals surface area contributed by atoms with Gasteiger partial charge in [0.15, 0.2) is 0 Å². The van der Waals surface area contributed by atoms with E-state index < -0.39 is 0 Å². The fourth-order valence-electron chi connectivity index (χ4n) is 2.52. The molecule has 0 spiro atoms. The van der Waals surface area contributed by atoms with Gasteiger partial charge >= 0.3 is 0 Å². The number of hydrogen-bond acceptors (Lipinski definition) is 3. The molecule has 1 amide bonds. The number of amides is 1. The number of rotatable bonds is 6. The fourth-order valence-corrected chi connectivity index (χ4v) is 2.52. The van der Waals surface area contributed by atoms with Gasteiger partial charge in [-0.05, 0) is 32.9 Å². The molecule has 2 unspecified atom stereocenters. The summed E-state index contributed by atoms with van der Waals surface area (Å²) in [5.41, 5.74) is 5.68. The summed E-state index contributed by atoms with van der Waals surface area (Å²) >= 11 is 0. The predicted molar refractivity (Wildman–Crippen MR) is 85.3 cm³/mol. The third-order valence-corrected chi connectivity index (χ3v) is 3.66. The first-order valence-corrected chi connectivity index (χ1v) is 6.85. The smallest absolute Gasteiger partial charge is 0.222 e. The van der Waals surface area contributed by atoms with Gasteiger partial charge in [-0.2, -0.15) is 0 Å². The molecule has 2 atom stereocenters. The van der Waals surface area contributed by atoms with Crippen LogP contribution in [0.15, 0.2) is 0 Å². The number of halogens is 2. The summed E-state index contributed by atoms with van der Waals surface area (Å²) in [5.74, 6) is 0.275. The van der Waals surface area contributed by atoms with Crippen molar-refractivity contribution in [2.45, 2.75) is 52.1 Å². The van der Waals surface area contributed by atoms with E-state index >= 15 is 0 Å². The van der Waals surface area contributed by atoms with Crippen molar-refractivity contribution in [1.82, 2.24) is 9.80 Å². The molecule has 19 heavy (non-hydrogen) atoms. The highest BCUT2D eigenvalue weighted by Gasteiger charge is 2.28. The van der Waals surface area contributed by atoms with Crippen molar-refractivity contribution < 1.29 is 4.79 Å². The number of likely N-dealkylation sites (tertiary alicyclic amines) is 1. The van der Waals surface area contributed by atoms with Crippen LogP contribution in [0, 0.1) is 0 Å². The largest absolute Gasteiger partial charge is 0.341 e. The van der Waals surface area contributed by atoms with Crippen molar-refractivity contribution >= 4 is 30.7 Å². The minimum absolute atomic E-state index is 0. The normalized spacial score (nSPS) is 19.8. The van der Waals surface area contributed by atoms with E-state index in [4.69, 9.17) is 5.73 Å². The van der Waals surface area contributed by atoms with Crippen LogP contribution in [0.2, 0.25) is 0 Å². The molecule has 2 N–H and O–H groups in total. The van der Waals surface area contributed by atoms with Crippen LogP contribution in [-0.4, -0.2) is 54.0 Å². The van der Waals surface area contributed by atoms with Crippen LogP contribution >= 0.6 is 24.8 Å². The molecule has 0 aliphatic carbocycles. The van der Waals surface area contributed by atoms with E-state index in [9.17, 15) is 4.79 Å². The summed E-state index contributed by atoms with van der Waals surface area (Å²) in [5, 5.41) is 0. The highest BCUT2D eigenvalue weighted by atomic mass is 35.5. The Morgan fingerprint density at radius 2 is 1.95 bits per heavy atom. The van der Waals surface area contributed by atoms with Crippen LogP contribution in [0.1, 0.15) is 40.0 Å². The molecule has 0 aromatic carbocycles. The standard InChI is InChI=1S/C13H27N3O.2ClH/c1-4-15(5-2)12-8-9-16(10-12)13(17)7-6-11(3)14;;/h11-12H,4-10,14H2,1-3H3;2*1H. The summed E-state index contributed by atoms with van der Waals surface area (Å²) < 4.78 is 0. The molecular weight excluding hydrogens is 285 g/mol. The average molecular weight is 314 g/mol. The van der Waals surface area contributed by atoms with Gasteiger partial charge in [-0.1, -0.05) is 13.8 Å². The Hall–Kier alpha value is -0.0300. The Bertz CT molecular complexity index is 248. The monoisotopic (exact) mass is 313 g/mol. The number of nitrogens with two attached hydrogens (primary N) is 1. The summed E-state index contributed by atoms with van der Waals surface area (Å²) in [7, 11) is 0. The van der Waals surface area contributed by atoms with Gasteiger partial charge in [0.2, 0.25) is 5.91 Å². The molecule has 4 nitrogen and oxygen atoms in total. The quantitative estimate of drug-likeness (QED) is 0.815. The lowest BCUT2D eigenvalue weighted by atomic mass is 10.2. The van der Waals surface area contributed by atoms with Crippen molar-refractivity contribution in [2.24, 2.45) is 5.73 Å². The zero-order valence-corrected chi connectivity index (χ0v) is 13.9. The van der Waals surface area contributed by atoms with E-state index in [1.807, 2.05) is 11.8 Å². The molecule has 1 aliphatic rings. The summed E-state index contributed by atoms with van der Waals surface area (Å²) in [6, 6.07) is 0.685. The molecule has 1 saturated heterocycles. The highest BCUT2D eigenvalue weighted by Crippen LogP contribution is 2.16. The minimum Gasteiger partial charge on any atom is -0.341 e. The summed E-state index contributed by atoms with van der Waals surface area (Å²) in [6.07, 6.45) is 2.51. The van der Waals surface area contributed by atoms with Crippen LogP contribution < -0.4 is 5.73 Å². The molecule has 116 valence electrons. The first kappa shape index (κ1) is 21.3. The minimum atomic E-state index is 0. The molecule has 1 aliphatic heterocycles. The van der Waals surface area contributed by atoms with E-state index in [-0.39, 0.29) is 36.8 Å². The van der Waals surface area contributed by atoms with Crippen LogP contribution in [0.3, 0.4) is 0 Å². The third kappa shape index (κ3) is 6.80. The highest BCUT2D eigenvalue weighted by molar-refractivity contribution is 5.85.